The first-order valence-electron chi connectivity index (χ1n) is 5.62. The van der Waals surface area contributed by atoms with Crippen LogP contribution in [0.2, 0.25) is 5.02 Å². The first kappa shape index (κ1) is 12.0. The molecule has 4 heteroatoms. The summed E-state index contributed by atoms with van der Waals surface area (Å²) in [6, 6.07) is 5.75. The van der Waals surface area contributed by atoms with Crippen molar-refractivity contribution in [3.05, 3.63) is 35.6 Å². The first-order valence-corrected chi connectivity index (χ1v) is 6.00. The third-order valence-electron chi connectivity index (χ3n) is 2.47. The SMILES string of the molecule is CCCOc1ccc(-c2nccn2C)cc1Cl. The molecule has 0 radical (unpaired) electrons. The van der Waals surface area contributed by atoms with Crippen LogP contribution >= 0.6 is 11.6 Å². The van der Waals surface area contributed by atoms with Crippen molar-refractivity contribution in [3.63, 3.8) is 0 Å². The quantitative estimate of drug-likeness (QED) is 0.830. The zero-order valence-electron chi connectivity index (χ0n) is 9.98. The molecule has 0 aliphatic heterocycles. The summed E-state index contributed by atoms with van der Waals surface area (Å²) in [7, 11) is 1.96. The van der Waals surface area contributed by atoms with Crippen LogP contribution in [0, 0.1) is 0 Å². The fourth-order valence-corrected chi connectivity index (χ4v) is 1.85. The summed E-state index contributed by atoms with van der Waals surface area (Å²) in [6.07, 6.45) is 4.65. The second kappa shape index (κ2) is 5.23. The lowest BCUT2D eigenvalue weighted by atomic mass is 10.2. The summed E-state index contributed by atoms with van der Waals surface area (Å²) in [5, 5.41) is 0.624. The van der Waals surface area contributed by atoms with Crippen LogP contribution in [0.3, 0.4) is 0 Å². The number of hydrogen-bond donors (Lipinski definition) is 0. The minimum Gasteiger partial charge on any atom is -0.492 e. The Bertz CT molecular complexity index is 508. The molecule has 0 saturated heterocycles. The predicted octanol–water partition coefficient (Wildman–Crippen LogP) is 3.53. The molecule has 17 heavy (non-hydrogen) atoms. The van der Waals surface area contributed by atoms with E-state index in [1.807, 2.05) is 36.0 Å². The highest BCUT2D eigenvalue weighted by Crippen LogP contribution is 2.29. The fourth-order valence-electron chi connectivity index (χ4n) is 1.61. The minimum atomic E-state index is 0.624. The van der Waals surface area contributed by atoms with Gasteiger partial charge in [-0.25, -0.2) is 4.98 Å². The van der Waals surface area contributed by atoms with Gasteiger partial charge in [-0.3, -0.25) is 0 Å². The van der Waals surface area contributed by atoms with Gasteiger partial charge in [-0.05, 0) is 24.6 Å². The molecule has 2 aromatic rings. The predicted molar refractivity (Wildman–Crippen MR) is 69.4 cm³/mol. The van der Waals surface area contributed by atoms with E-state index in [2.05, 4.69) is 11.9 Å². The van der Waals surface area contributed by atoms with Gasteiger partial charge in [0.05, 0.1) is 11.6 Å². The fraction of sp³-hybridized carbons (Fsp3) is 0.308. The van der Waals surface area contributed by atoms with Crippen molar-refractivity contribution in [2.24, 2.45) is 7.05 Å². The van der Waals surface area contributed by atoms with Crippen LogP contribution in [-0.4, -0.2) is 16.2 Å². The van der Waals surface area contributed by atoms with E-state index in [0.29, 0.717) is 11.6 Å². The summed E-state index contributed by atoms with van der Waals surface area (Å²) in [5.74, 6) is 1.63. The number of aryl methyl sites for hydroxylation is 1. The van der Waals surface area contributed by atoms with Crippen molar-refractivity contribution >= 4 is 11.6 Å². The lowest BCUT2D eigenvalue weighted by Crippen LogP contribution is -1.96. The molecule has 0 bridgehead atoms. The average molecular weight is 251 g/mol. The molecule has 0 aliphatic rings. The maximum absolute atomic E-state index is 6.17. The summed E-state index contributed by atoms with van der Waals surface area (Å²) >= 11 is 6.17. The molecular weight excluding hydrogens is 236 g/mol. The number of benzene rings is 1. The van der Waals surface area contributed by atoms with E-state index in [4.69, 9.17) is 16.3 Å². The van der Waals surface area contributed by atoms with Crippen LogP contribution in [0.1, 0.15) is 13.3 Å². The number of rotatable bonds is 4. The number of hydrogen-bond acceptors (Lipinski definition) is 2. The van der Waals surface area contributed by atoms with Crippen LogP contribution in [0.25, 0.3) is 11.4 Å². The van der Waals surface area contributed by atoms with E-state index in [1.165, 1.54) is 0 Å². The second-order valence-electron chi connectivity index (χ2n) is 3.86. The summed E-state index contributed by atoms with van der Waals surface area (Å²) in [4.78, 5) is 4.28. The zero-order valence-corrected chi connectivity index (χ0v) is 10.7. The van der Waals surface area contributed by atoms with Gasteiger partial charge in [0.2, 0.25) is 0 Å². The topological polar surface area (TPSA) is 27.1 Å². The molecule has 0 unspecified atom stereocenters. The van der Waals surface area contributed by atoms with Gasteiger partial charge in [0.25, 0.3) is 0 Å². The van der Waals surface area contributed by atoms with Gasteiger partial charge < -0.3 is 9.30 Å². The molecule has 0 fully saturated rings. The lowest BCUT2D eigenvalue weighted by molar-refractivity contribution is 0.317. The molecular formula is C13H15ClN2O. The molecule has 3 nitrogen and oxygen atoms in total. The van der Waals surface area contributed by atoms with Gasteiger partial charge in [0.15, 0.2) is 0 Å². The normalized spacial score (nSPS) is 10.5. The second-order valence-corrected chi connectivity index (χ2v) is 4.26. The minimum absolute atomic E-state index is 0.624. The average Bonchev–Trinajstić information content (AvgIpc) is 2.74. The number of halogens is 1. The van der Waals surface area contributed by atoms with Crippen LogP contribution in [-0.2, 0) is 7.05 Å². The van der Waals surface area contributed by atoms with Crippen LogP contribution in [0.15, 0.2) is 30.6 Å². The van der Waals surface area contributed by atoms with Crippen molar-refractivity contribution in [1.82, 2.24) is 9.55 Å². The Labute approximate surface area is 106 Å². The van der Waals surface area contributed by atoms with Gasteiger partial charge in [0, 0.05) is 25.0 Å². The van der Waals surface area contributed by atoms with Gasteiger partial charge >= 0.3 is 0 Å². The smallest absolute Gasteiger partial charge is 0.139 e. The summed E-state index contributed by atoms with van der Waals surface area (Å²) < 4.78 is 7.49. The zero-order chi connectivity index (χ0) is 12.3. The number of ether oxygens (including phenoxy) is 1. The van der Waals surface area contributed by atoms with Gasteiger partial charge in [-0.1, -0.05) is 18.5 Å². The highest BCUT2D eigenvalue weighted by molar-refractivity contribution is 6.32. The lowest BCUT2D eigenvalue weighted by Gasteiger charge is -2.08. The molecule has 0 atom stereocenters. The standard InChI is InChI=1S/C13H15ClN2O/c1-3-8-17-12-5-4-10(9-11(12)14)13-15-6-7-16(13)2/h4-7,9H,3,8H2,1-2H3. The van der Waals surface area contributed by atoms with Gasteiger partial charge in [-0.2, -0.15) is 0 Å². The first-order chi connectivity index (χ1) is 8.22. The number of aromatic nitrogens is 2. The molecule has 1 aromatic heterocycles. The Balaban J connectivity index is 2.28. The Hall–Kier alpha value is -1.48. The van der Waals surface area contributed by atoms with E-state index in [0.717, 1.165) is 23.6 Å². The Morgan fingerprint density at radius 1 is 1.41 bits per heavy atom. The largest absolute Gasteiger partial charge is 0.492 e. The van der Waals surface area contributed by atoms with Crippen molar-refractivity contribution < 1.29 is 4.74 Å². The van der Waals surface area contributed by atoms with E-state index in [1.54, 1.807) is 6.20 Å². The highest BCUT2D eigenvalue weighted by Gasteiger charge is 2.07. The maximum Gasteiger partial charge on any atom is 0.139 e. The van der Waals surface area contributed by atoms with E-state index in [9.17, 15) is 0 Å². The highest BCUT2D eigenvalue weighted by atomic mass is 35.5. The van der Waals surface area contributed by atoms with E-state index >= 15 is 0 Å². The molecule has 0 saturated carbocycles. The van der Waals surface area contributed by atoms with Crippen molar-refractivity contribution in [2.45, 2.75) is 13.3 Å². The molecule has 1 aromatic carbocycles. The van der Waals surface area contributed by atoms with E-state index < -0.39 is 0 Å². The van der Waals surface area contributed by atoms with E-state index in [-0.39, 0.29) is 0 Å². The number of nitrogens with zero attached hydrogens (tertiary/aromatic N) is 2. The Kier molecular flexibility index (Phi) is 3.69. The molecule has 1 heterocycles. The summed E-state index contributed by atoms with van der Waals surface area (Å²) in [6.45, 7) is 2.75. The summed E-state index contributed by atoms with van der Waals surface area (Å²) in [5.41, 5.74) is 0.992. The van der Waals surface area contributed by atoms with Gasteiger partial charge in [0.1, 0.15) is 11.6 Å². The molecule has 0 aliphatic carbocycles. The van der Waals surface area contributed by atoms with Crippen LogP contribution < -0.4 is 4.74 Å². The molecule has 0 N–H and O–H groups in total. The van der Waals surface area contributed by atoms with Crippen molar-refractivity contribution in [1.29, 1.82) is 0 Å². The molecule has 90 valence electrons. The maximum atomic E-state index is 6.17. The monoisotopic (exact) mass is 250 g/mol. The molecule has 2 rings (SSSR count). The van der Waals surface area contributed by atoms with Crippen molar-refractivity contribution in [3.8, 4) is 17.1 Å². The Morgan fingerprint density at radius 3 is 2.82 bits per heavy atom. The third-order valence-corrected chi connectivity index (χ3v) is 2.77. The van der Waals surface area contributed by atoms with Crippen LogP contribution in [0.4, 0.5) is 0 Å². The molecule has 0 spiro atoms. The Morgan fingerprint density at radius 2 is 2.24 bits per heavy atom. The molecule has 0 amide bonds. The van der Waals surface area contributed by atoms with Gasteiger partial charge in [-0.15, -0.1) is 0 Å². The third kappa shape index (κ3) is 2.61. The van der Waals surface area contributed by atoms with Crippen molar-refractivity contribution in [2.75, 3.05) is 6.61 Å². The number of imidazole rings is 1. The van der Waals surface area contributed by atoms with Crippen LogP contribution in [0.5, 0.6) is 5.75 Å².